The minimum absolute atomic E-state index is 0.152. The molecule has 1 aliphatic rings. The Morgan fingerprint density at radius 3 is 3.00 bits per heavy atom. The summed E-state index contributed by atoms with van der Waals surface area (Å²) in [5, 5.41) is 7.04. The van der Waals surface area contributed by atoms with Gasteiger partial charge in [0, 0.05) is 44.5 Å². The molecule has 7 nitrogen and oxygen atoms in total. The third kappa shape index (κ3) is 3.39. The second kappa shape index (κ2) is 6.98. The summed E-state index contributed by atoms with van der Waals surface area (Å²) in [4.78, 5) is 23.1. The van der Waals surface area contributed by atoms with Gasteiger partial charge in [-0.3, -0.25) is 9.48 Å². The zero-order chi connectivity index (χ0) is 17.1. The number of anilines is 1. The summed E-state index contributed by atoms with van der Waals surface area (Å²) in [7, 11) is 1.62. The lowest BCUT2D eigenvalue weighted by atomic mass is 10.1. The minimum atomic E-state index is -0.152. The number of aryl methyl sites for hydroxylation is 2. The number of rotatable bonds is 4. The molecule has 2 aromatic heterocycles. The van der Waals surface area contributed by atoms with Crippen molar-refractivity contribution in [3.05, 3.63) is 35.5 Å². The van der Waals surface area contributed by atoms with Crippen LogP contribution in [0.25, 0.3) is 0 Å². The highest BCUT2D eigenvalue weighted by molar-refractivity contribution is 5.91. The molecule has 0 aliphatic carbocycles. The summed E-state index contributed by atoms with van der Waals surface area (Å²) >= 11 is 0. The Kier molecular flexibility index (Phi) is 4.78. The van der Waals surface area contributed by atoms with Gasteiger partial charge in [-0.25, -0.2) is 9.97 Å². The summed E-state index contributed by atoms with van der Waals surface area (Å²) < 4.78 is 1.91. The molecule has 1 amide bonds. The molecule has 0 aromatic carbocycles. The van der Waals surface area contributed by atoms with Crippen LogP contribution in [0.1, 0.15) is 47.8 Å². The van der Waals surface area contributed by atoms with E-state index in [1.807, 2.05) is 23.9 Å². The van der Waals surface area contributed by atoms with E-state index in [4.69, 9.17) is 0 Å². The molecule has 3 heterocycles. The van der Waals surface area contributed by atoms with E-state index in [-0.39, 0.29) is 11.9 Å². The van der Waals surface area contributed by atoms with E-state index in [1.54, 1.807) is 13.1 Å². The van der Waals surface area contributed by atoms with Gasteiger partial charge in [0.25, 0.3) is 5.91 Å². The Morgan fingerprint density at radius 2 is 2.25 bits per heavy atom. The number of nitrogens with zero attached hydrogens (tertiary/aromatic N) is 5. The summed E-state index contributed by atoms with van der Waals surface area (Å²) in [6.07, 6.45) is 4.85. The lowest BCUT2D eigenvalue weighted by Gasteiger charge is -2.33. The number of nitrogens with one attached hydrogen (secondary N) is 1. The highest BCUT2D eigenvalue weighted by atomic mass is 16.1. The van der Waals surface area contributed by atoms with Crippen LogP contribution in [0.3, 0.4) is 0 Å². The molecule has 1 atom stereocenters. The molecule has 1 N–H and O–H groups in total. The fourth-order valence-electron chi connectivity index (χ4n) is 3.10. The van der Waals surface area contributed by atoms with Crippen molar-refractivity contribution in [2.24, 2.45) is 0 Å². The van der Waals surface area contributed by atoms with E-state index < -0.39 is 0 Å². The Bertz CT molecular complexity index is 726. The maximum atomic E-state index is 11.7. The molecule has 0 bridgehead atoms. The van der Waals surface area contributed by atoms with Gasteiger partial charge in [-0.05, 0) is 25.8 Å². The molecule has 128 valence electrons. The maximum Gasteiger partial charge on any atom is 0.271 e. The van der Waals surface area contributed by atoms with Gasteiger partial charge in [0.15, 0.2) is 0 Å². The highest BCUT2D eigenvalue weighted by Gasteiger charge is 2.24. The van der Waals surface area contributed by atoms with Gasteiger partial charge < -0.3 is 10.2 Å². The zero-order valence-electron chi connectivity index (χ0n) is 14.5. The van der Waals surface area contributed by atoms with Gasteiger partial charge in [0.1, 0.15) is 17.3 Å². The van der Waals surface area contributed by atoms with Crippen LogP contribution in [0.2, 0.25) is 0 Å². The maximum absolute atomic E-state index is 11.7. The number of aromatic nitrogens is 4. The predicted octanol–water partition coefficient (Wildman–Crippen LogP) is 1.75. The van der Waals surface area contributed by atoms with E-state index in [1.165, 1.54) is 0 Å². The molecule has 7 heteroatoms. The SMILES string of the molecule is CCc1nc(C)cc(N2CCC[C@@H](n3ccc(C(=O)NC)n3)C2)n1. The predicted molar refractivity (Wildman–Crippen MR) is 92.2 cm³/mol. The molecule has 0 unspecified atom stereocenters. The topological polar surface area (TPSA) is 75.9 Å². The van der Waals surface area contributed by atoms with E-state index in [9.17, 15) is 4.79 Å². The van der Waals surface area contributed by atoms with Crippen LogP contribution < -0.4 is 10.2 Å². The standard InChI is InChI=1S/C17H24N6O/c1-4-15-19-12(2)10-16(20-15)22-8-5-6-13(11-22)23-9-7-14(21-23)17(24)18-3/h7,9-10,13H,4-6,8,11H2,1-3H3,(H,18,24)/t13-/m1/s1. The van der Waals surface area contributed by atoms with Crippen LogP contribution in [0.4, 0.5) is 5.82 Å². The van der Waals surface area contributed by atoms with Crippen molar-refractivity contribution in [1.82, 2.24) is 25.1 Å². The number of hydrogen-bond acceptors (Lipinski definition) is 5. The van der Waals surface area contributed by atoms with E-state index in [2.05, 4.69) is 32.2 Å². The van der Waals surface area contributed by atoms with Crippen LogP contribution >= 0.6 is 0 Å². The largest absolute Gasteiger partial charge is 0.354 e. The van der Waals surface area contributed by atoms with Crippen molar-refractivity contribution in [1.29, 1.82) is 0 Å². The lowest BCUT2D eigenvalue weighted by Crippen LogP contribution is -2.37. The molecule has 0 spiro atoms. The lowest BCUT2D eigenvalue weighted by molar-refractivity contribution is 0.0957. The molecule has 1 fully saturated rings. The summed E-state index contributed by atoms with van der Waals surface area (Å²) in [6, 6.07) is 4.06. The average Bonchev–Trinajstić information content (AvgIpc) is 3.10. The normalized spacial score (nSPS) is 17.8. The van der Waals surface area contributed by atoms with Gasteiger partial charge in [-0.15, -0.1) is 0 Å². The fourth-order valence-corrected chi connectivity index (χ4v) is 3.10. The van der Waals surface area contributed by atoms with Crippen molar-refractivity contribution in [3.8, 4) is 0 Å². The number of amides is 1. The van der Waals surface area contributed by atoms with Crippen molar-refractivity contribution >= 4 is 11.7 Å². The quantitative estimate of drug-likeness (QED) is 0.925. The fraction of sp³-hybridized carbons (Fsp3) is 0.529. The Morgan fingerprint density at radius 1 is 1.42 bits per heavy atom. The molecule has 2 aromatic rings. The van der Waals surface area contributed by atoms with Gasteiger partial charge in [0.2, 0.25) is 0 Å². The average molecular weight is 328 g/mol. The summed E-state index contributed by atoms with van der Waals surface area (Å²) in [5.41, 5.74) is 1.46. The Hall–Kier alpha value is -2.44. The van der Waals surface area contributed by atoms with Crippen molar-refractivity contribution < 1.29 is 4.79 Å². The molecular weight excluding hydrogens is 304 g/mol. The summed E-state index contributed by atoms with van der Waals surface area (Å²) in [6.45, 7) is 5.91. The molecule has 0 saturated carbocycles. The molecule has 1 aliphatic heterocycles. The molecule has 1 saturated heterocycles. The van der Waals surface area contributed by atoms with Crippen molar-refractivity contribution in [3.63, 3.8) is 0 Å². The van der Waals surface area contributed by atoms with E-state index in [0.717, 1.165) is 49.7 Å². The zero-order valence-corrected chi connectivity index (χ0v) is 14.5. The van der Waals surface area contributed by atoms with Crippen LogP contribution in [-0.4, -0.2) is 45.8 Å². The van der Waals surface area contributed by atoms with E-state index >= 15 is 0 Å². The summed E-state index contributed by atoms with van der Waals surface area (Å²) in [5.74, 6) is 1.72. The first-order chi connectivity index (χ1) is 11.6. The molecule has 24 heavy (non-hydrogen) atoms. The van der Waals surface area contributed by atoms with Crippen molar-refractivity contribution in [2.45, 2.75) is 39.2 Å². The first kappa shape index (κ1) is 16.4. The first-order valence-corrected chi connectivity index (χ1v) is 8.47. The van der Waals surface area contributed by atoms with Crippen LogP contribution in [0, 0.1) is 6.92 Å². The Labute approximate surface area is 142 Å². The number of piperidine rings is 1. The minimum Gasteiger partial charge on any atom is -0.354 e. The molecule has 0 radical (unpaired) electrons. The van der Waals surface area contributed by atoms with Crippen LogP contribution in [-0.2, 0) is 6.42 Å². The third-order valence-corrected chi connectivity index (χ3v) is 4.37. The van der Waals surface area contributed by atoms with Gasteiger partial charge in [-0.1, -0.05) is 6.92 Å². The number of carbonyl (C=O) groups is 1. The van der Waals surface area contributed by atoms with Gasteiger partial charge in [-0.2, -0.15) is 5.10 Å². The second-order valence-electron chi connectivity index (χ2n) is 6.14. The monoisotopic (exact) mass is 328 g/mol. The van der Waals surface area contributed by atoms with Crippen molar-refractivity contribution in [2.75, 3.05) is 25.0 Å². The molecule has 3 rings (SSSR count). The van der Waals surface area contributed by atoms with Crippen LogP contribution in [0.15, 0.2) is 18.3 Å². The third-order valence-electron chi connectivity index (χ3n) is 4.37. The molecular formula is C17H24N6O. The number of hydrogen-bond donors (Lipinski definition) is 1. The first-order valence-electron chi connectivity index (χ1n) is 8.47. The van der Waals surface area contributed by atoms with E-state index in [0.29, 0.717) is 5.69 Å². The van der Waals surface area contributed by atoms with Crippen LogP contribution in [0.5, 0.6) is 0 Å². The number of carbonyl (C=O) groups excluding carboxylic acids is 1. The van der Waals surface area contributed by atoms with Gasteiger partial charge in [0.05, 0.1) is 6.04 Å². The highest BCUT2D eigenvalue weighted by Crippen LogP contribution is 2.25. The Balaban J connectivity index is 1.78. The van der Waals surface area contributed by atoms with Gasteiger partial charge >= 0.3 is 0 Å². The smallest absolute Gasteiger partial charge is 0.271 e. The second-order valence-corrected chi connectivity index (χ2v) is 6.14.